The summed E-state index contributed by atoms with van der Waals surface area (Å²) in [6.07, 6.45) is 0. The molecule has 0 fully saturated rings. The fraction of sp³-hybridized carbons (Fsp3) is 0.600. The van der Waals surface area contributed by atoms with Crippen LogP contribution in [0.2, 0.25) is 0 Å². The molecule has 4 N–H and O–H groups in total. The van der Waals surface area contributed by atoms with Gasteiger partial charge in [0.05, 0.1) is 23.1 Å². The average molecular weight is 210 g/mol. The summed E-state index contributed by atoms with van der Waals surface area (Å²) in [6.45, 7) is 7.34. The normalized spacial score (nSPS) is 13.2. The maximum absolute atomic E-state index is 11.9. The predicted molar refractivity (Wildman–Crippen MR) is 59.6 cm³/mol. The summed E-state index contributed by atoms with van der Waals surface area (Å²) in [7, 11) is 0. The largest absolute Gasteiger partial charge is 0.396 e. The summed E-state index contributed by atoms with van der Waals surface area (Å²) in [6, 6.07) is -0.539. The molecular formula is C10H18N4O. The number of hydrogen-bond donors (Lipinski definition) is 2. The zero-order valence-electron chi connectivity index (χ0n) is 9.61. The molecule has 0 spiro atoms. The van der Waals surface area contributed by atoms with Gasteiger partial charge in [-0.2, -0.15) is 5.10 Å². The quantitative estimate of drug-likeness (QED) is 0.752. The molecule has 1 heterocycles. The van der Waals surface area contributed by atoms with Gasteiger partial charge in [-0.1, -0.05) is 13.8 Å². The van der Waals surface area contributed by atoms with Crippen LogP contribution in [0.1, 0.15) is 30.0 Å². The summed E-state index contributed by atoms with van der Waals surface area (Å²) in [5.41, 5.74) is 13.4. The molecule has 0 radical (unpaired) electrons. The van der Waals surface area contributed by atoms with E-state index >= 15 is 0 Å². The van der Waals surface area contributed by atoms with Gasteiger partial charge in [0.1, 0.15) is 0 Å². The third-order valence-corrected chi connectivity index (χ3v) is 2.56. The Balaban J connectivity index is 3.07. The van der Waals surface area contributed by atoms with Crippen LogP contribution in [0.15, 0.2) is 0 Å². The lowest BCUT2D eigenvalue weighted by Gasteiger charge is -2.14. The van der Waals surface area contributed by atoms with Gasteiger partial charge in [0.25, 0.3) is 5.91 Å². The van der Waals surface area contributed by atoms with E-state index in [1.807, 2.05) is 13.8 Å². The number of aryl methyl sites for hydroxylation is 1. The maximum atomic E-state index is 11.9. The Kier molecular flexibility index (Phi) is 3.14. The first-order valence-electron chi connectivity index (χ1n) is 4.97. The highest BCUT2D eigenvalue weighted by Gasteiger charge is 2.22. The van der Waals surface area contributed by atoms with Crippen molar-refractivity contribution in [1.29, 1.82) is 0 Å². The summed E-state index contributed by atoms with van der Waals surface area (Å²) in [5.74, 6) is -0.120. The molecule has 0 saturated carbocycles. The van der Waals surface area contributed by atoms with E-state index in [-0.39, 0.29) is 11.8 Å². The molecule has 84 valence electrons. The number of nitrogen functional groups attached to an aromatic ring is 1. The van der Waals surface area contributed by atoms with E-state index in [1.165, 1.54) is 4.68 Å². The van der Waals surface area contributed by atoms with E-state index < -0.39 is 6.04 Å². The van der Waals surface area contributed by atoms with Gasteiger partial charge in [0.2, 0.25) is 0 Å². The average Bonchev–Trinajstić information content (AvgIpc) is 2.43. The molecule has 0 aliphatic carbocycles. The van der Waals surface area contributed by atoms with Crippen LogP contribution in [0, 0.1) is 19.8 Å². The number of aromatic nitrogens is 2. The lowest BCUT2D eigenvalue weighted by molar-refractivity contribution is 0.0837. The Morgan fingerprint density at radius 3 is 2.27 bits per heavy atom. The van der Waals surface area contributed by atoms with E-state index in [9.17, 15) is 4.79 Å². The van der Waals surface area contributed by atoms with Crippen LogP contribution in [0.3, 0.4) is 0 Å². The Labute approximate surface area is 89.4 Å². The first kappa shape index (κ1) is 11.7. The van der Waals surface area contributed by atoms with Crippen molar-refractivity contribution in [1.82, 2.24) is 9.78 Å². The van der Waals surface area contributed by atoms with E-state index in [2.05, 4.69) is 5.10 Å². The minimum absolute atomic E-state index is 0.0858. The van der Waals surface area contributed by atoms with Gasteiger partial charge < -0.3 is 11.5 Å². The van der Waals surface area contributed by atoms with Crippen molar-refractivity contribution in [2.75, 3.05) is 5.73 Å². The number of carbonyl (C=O) groups excluding carboxylic acids is 1. The minimum Gasteiger partial charge on any atom is -0.396 e. The Morgan fingerprint density at radius 2 is 1.93 bits per heavy atom. The van der Waals surface area contributed by atoms with Crippen molar-refractivity contribution in [2.24, 2.45) is 11.7 Å². The van der Waals surface area contributed by atoms with Gasteiger partial charge in [-0.3, -0.25) is 4.79 Å². The summed E-state index contributed by atoms with van der Waals surface area (Å²) >= 11 is 0. The number of hydrogen-bond acceptors (Lipinski definition) is 4. The molecule has 0 aliphatic heterocycles. The van der Waals surface area contributed by atoms with Gasteiger partial charge >= 0.3 is 0 Å². The van der Waals surface area contributed by atoms with E-state index in [0.717, 1.165) is 0 Å². The monoisotopic (exact) mass is 210 g/mol. The second-order valence-corrected chi connectivity index (χ2v) is 4.10. The van der Waals surface area contributed by atoms with E-state index in [0.29, 0.717) is 17.1 Å². The standard InChI is InChI=1S/C10H18N4O/c1-5(2)8(11)10(15)14-7(4)9(12)6(3)13-14/h5,8H,11-12H2,1-4H3/t8-/m0/s1. The molecular weight excluding hydrogens is 192 g/mol. The van der Waals surface area contributed by atoms with Crippen LogP contribution in [0.4, 0.5) is 5.69 Å². The molecule has 0 aliphatic rings. The van der Waals surface area contributed by atoms with Gasteiger partial charge in [-0.25, -0.2) is 4.68 Å². The third-order valence-electron chi connectivity index (χ3n) is 2.56. The molecule has 15 heavy (non-hydrogen) atoms. The number of rotatable bonds is 2. The van der Waals surface area contributed by atoms with Crippen LogP contribution < -0.4 is 11.5 Å². The molecule has 5 heteroatoms. The molecule has 0 unspecified atom stereocenters. The Morgan fingerprint density at radius 1 is 1.40 bits per heavy atom. The molecule has 0 saturated heterocycles. The van der Waals surface area contributed by atoms with Gasteiger partial charge in [-0.15, -0.1) is 0 Å². The number of nitrogens with zero attached hydrogens (tertiary/aromatic N) is 2. The van der Waals surface area contributed by atoms with E-state index in [4.69, 9.17) is 11.5 Å². The van der Waals surface area contributed by atoms with Crippen molar-refractivity contribution in [3.05, 3.63) is 11.4 Å². The molecule has 1 atom stereocenters. The van der Waals surface area contributed by atoms with Crippen LogP contribution in [0.25, 0.3) is 0 Å². The van der Waals surface area contributed by atoms with Crippen LogP contribution in [0.5, 0.6) is 0 Å². The van der Waals surface area contributed by atoms with Crippen LogP contribution >= 0.6 is 0 Å². The second-order valence-electron chi connectivity index (χ2n) is 4.10. The Hall–Kier alpha value is -1.36. The van der Waals surface area contributed by atoms with Crippen molar-refractivity contribution in [2.45, 2.75) is 33.7 Å². The van der Waals surface area contributed by atoms with Crippen LogP contribution in [-0.2, 0) is 0 Å². The molecule has 0 amide bonds. The zero-order valence-corrected chi connectivity index (χ0v) is 9.61. The molecule has 1 aromatic heterocycles. The zero-order chi connectivity index (χ0) is 11.7. The summed E-state index contributed by atoms with van der Waals surface area (Å²) < 4.78 is 1.30. The predicted octanol–water partition coefficient (Wildman–Crippen LogP) is 0.706. The molecule has 5 nitrogen and oxygen atoms in total. The van der Waals surface area contributed by atoms with Crippen LogP contribution in [-0.4, -0.2) is 21.7 Å². The first-order chi connectivity index (χ1) is 6.86. The molecule has 1 aromatic rings. The third kappa shape index (κ3) is 2.02. The lowest BCUT2D eigenvalue weighted by Crippen LogP contribution is -2.40. The van der Waals surface area contributed by atoms with Gasteiger partial charge in [-0.05, 0) is 19.8 Å². The van der Waals surface area contributed by atoms with Crippen molar-refractivity contribution in [3.8, 4) is 0 Å². The highest BCUT2D eigenvalue weighted by atomic mass is 16.2. The van der Waals surface area contributed by atoms with Crippen molar-refractivity contribution < 1.29 is 4.79 Å². The second kappa shape index (κ2) is 4.02. The smallest absolute Gasteiger partial charge is 0.264 e. The van der Waals surface area contributed by atoms with Crippen molar-refractivity contribution >= 4 is 11.6 Å². The summed E-state index contributed by atoms with van der Waals surface area (Å²) in [5, 5.41) is 4.08. The highest BCUT2D eigenvalue weighted by Crippen LogP contribution is 2.15. The Bertz CT molecular complexity index is 381. The van der Waals surface area contributed by atoms with Crippen molar-refractivity contribution in [3.63, 3.8) is 0 Å². The highest BCUT2D eigenvalue weighted by molar-refractivity contribution is 5.85. The fourth-order valence-electron chi connectivity index (χ4n) is 1.30. The fourth-order valence-corrected chi connectivity index (χ4v) is 1.30. The van der Waals surface area contributed by atoms with Gasteiger partial charge in [0, 0.05) is 0 Å². The van der Waals surface area contributed by atoms with E-state index in [1.54, 1.807) is 13.8 Å². The molecule has 0 aromatic carbocycles. The van der Waals surface area contributed by atoms with Gasteiger partial charge in [0.15, 0.2) is 0 Å². The topological polar surface area (TPSA) is 86.9 Å². The number of anilines is 1. The lowest BCUT2D eigenvalue weighted by atomic mass is 10.1. The molecule has 1 rings (SSSR count). The number of carbonyl (C=O) groups is 1. The number of nitrogens with two attached hydrogens (primary N) is 2. The first-order valence-corrected chi connectivity index (χ1v) is 4.97. The summed E-state index contributed by atoms with van der Waals surface area (Å²) in [4.78, 5) is 11.9. The SMILES string of the molecule is Cc1nn(C(=O)[C@@H](N)C(C)C)c(C)c1N. The maximum Gasteiger partial charge on any atom is 0.264 e. The molecule has 0 bridgehead atoms. The minimum atomic E-state index is -0.539.